The van der Waals surface area contributed by atoms with E-state index in [1.807, 2.05) is 6.92 Å². The Kier molecular flexibility index (Phi) is 3.90. The van der Waals surface area contributed by atoms with Gasteiger partial charge in [0.15, 0.2) is 19.9 Å². The zero-order chi connectivity index (χ0) is 10.6. The number of rotatable bonds is 5. The quantitative estimate of drug-likeness (QED) is 0.516. The Balaban J connectivity index is 1.54. The van der Waals surface area contributed by atoms with Gasteiger partial charge in [-0.1, -0.05) is 0 Å². The zero-order valence-corrected chi connectivity index (χ0v) is 8.77. The molecular formula is C9H16O6. The van der Waals surface area contributed by atoms with Gasteiger partial charge < -0.3 is 9.47 Å². The van der Waals surface area contributed by atoms with Crippen LogP contribution in [0.15, 0.2) is 0 Å². The number of hydrogen-bond acceptors (Lipinski definition) is 6. The molecule has 2 unspecified atom stereocenters. The van der Waals surface area contributed by atoms with Crippen LogP contribution in [0, 0.1) is 0 Å². The molecule has 2 heterocycles. The van der Waals surface area contributed by atoms with Gasteiger partial charge in [0.1, 0.15) is 0 Å². The Labute approximate surface area is 88.2 Å². The second kappa shape index (κ2) is 5.20. The lowest BCUT2D eigenvalue weighted by atomic mass is 10.1. The van der Waals surface area contributed by atoms with Crippen molar-refractivity contribution in [3.63, 3.8) is 0 Å². The Morgan fingerprint density at radius 3 is 2.80 bits per heavy atom. The molecule has 0 N–H and O–H groups in total. The summed E-state index contributed by atoms with van der Waals surface area (Å²) in [5, 5.41) is 0. The third-order valence-electron chi connectivity index (χ3n) is 2.45. The Morgan fingerprint density at radius 1 is 1.20 bits per heavy atom. The van der Waals surface area contributed by atoms with Gasteiger partial charge in [0.05, 0.1) is 0 Å². The van der Waals surface area contributed by atoms with E-state index in [1.165, 1.54) is 0 Å². The molecule has 2 fully saturated rings. The molecule has 0 bridgehead atoms. The summed E-state index contributed by atoms with van der Waals surface area (Å²) in [6, 6.07) is 0. The molecule has 15 heavy (non-hydrogen) atoms. The van der Waals surface area contributed by atoms with Crippen LogP contribution in [-0.2, 0) is 29.0 Å². The number of hydrogen-bond donors (Lipinski definition) is 0. The lowest BCUT2D eigenvalue weighted by molar-refractivity contribution is -0.317. The second-order valence-corrected chi connectivity index (χ2v) is 3.77. The van der Waals surface area contributed by atoms with Crippen molar-refractivity contribution in [2.45, 2.75) is 44.7 Å². The molecule has 6 heteroatoms. The summed E-state index contributed by atoms with van der Waals surface area (Å²) in [6.07, 6.45) is 3.32. The summed E-state index contributed by atoms with van der Waals surface area (Å²) in [5.41, 5.74) is 0. The van der Waals surface area contributed by atoms with Crippen LogP contribution in [0.3, 0.4) is 0 Å². The van der Waals surface area contributed by atoms with Crippen LogP contribution in [-0.4, -0.2) is 25.7 Å². The van der Waals surface area contributed by atoms with Gasteiger partial charge in [-0.3, -0.25) is 0 Å². The molecular weight excluding hydrogens is 204 g/mol. The fourth-order valence-corrected chi connectivity index (χ4v) is 1.56. The van der Waals surface area contributed by atoms with Gasteiger partial charge in [-0.05, 0) is 19.8 Å². The third-order valence-corrected chi connectivity index (χ3v) is 2.45. The maximum Gasteiger partial charge on any atom is 0.201 e. The molecule has 0 aromatic carbocycles. The minimum Gasteiger partial charge on any atom is -0.320 e. The predicted molar refractivity (Wildman–Crippen MR) is 46.9 cm³/mol. The molecule has 2 aliphatic heterocycles. The molecule has 2 rings (SSSR count). The van der Waals surface area contributed by atoms with Gasteiger partial charge >= 0.3 is 0 Å². The lowest BCUT2D eigenvalue weighted by Gasteiger charge is -2.18. The predicted octanol–water partition coefficient (Wildman–Crippen LogP) is 1.46. The third kappa shape index (κ3) is 3.37. The van der Waals surface area contributed by atoms with E-state index >= 15 is 0 Å². The van der Waals surface area contributed by atoms with Crippen LogP contribution in [0.1, 0.15) is 32.6 Å². The van der Waals surface area contributed by atoms with E-state index in [4.69, 9.17) is 24.1 Å². The summed E-state index contributed by atoms with van der Waals surface area (Å²) in [5.74, 6) is -0.589. The average Bonchev–Trinajstić information content (AvgIpc) is 2.84. The zero-order valence-electron chi connectivity index (χ0n) is 8.77. The minimum absolute atomic E-state index is 0.208. The van der Waals surface area contributed by atoms with Gasteiger partial charge in [-0.2, -0.15) is 4.89 Å². The van der Waals surface area contributed by atoms with Crippen molar-refractivity contribution in [2.75, 3.05) is 13.6 Å². The highest BCUT2D eigenvalue weighted by Gasteiger charge is 2.32. The first-order valence-corrected chi connectivity index (χ1v) is 5.13. The maximum absolute atomic E-state index is 5.28. The monoisotopic (exact) mass is 220 g/mol. The number of ether oxygens (including phenoxy) is 2. The van der Waals surface area contributed by atoms with Crippen LogP contribution in [0.25, 0.3) is 0 Å². The summed E-state index contributed by atoms with van der Waals surface area (Å²) in [6.45, 7) is 2.30. The van der Waals surface area contributed by atoms with Crippen LogP contribution in [0.2, 0.25) is 0 Å². The molecule has 2 aliphatic rings. The fraction of sp³-hybridized carbons (Fsp3) is 1.00. The van der Waals surface area contributed by atoms with Crippen LogP contribution < -0.4 is 0 Å². The van der Waals surface area contributed by atoms with Crippen molar-refractivity contribution in [3.05, 3.63) is 0 Å². The van der Waals surface area contributed by atoms with E-state index in [2.05, 4.69) is 4.89 Å². The summed E-state index contributed by atoms with van der Waals surface area (Å²) < 4.78 is 10.4. The van der Waals surface area contributed by atoms with Gasteiger partial charge in [0, 0.05) is 12.8 Å². The molecule has 0 amide bonds. The van der Waals surface area contributed by atoms with Gasteiger partial charge in [-0.25, -0.2) is 14.7 Å². The second-order valence-electron chi connectivity index (χ2n) is 3.77. The first-order chi connectivity index (χ1) is 7.29. The highest BCUT2D eigenvalue weighted by molar-refractivity contribution is 4.63. The SMILES string of the molecule is CC1(CCCCC2OCOO2)OCOO1. The molecule has 2 saturated heterocycles. The van der Waals surface area contributed by atoms with E-state index in [1.54, 1.807) is 0 Å². The van der Waals surface area contributed by atoms with Gasteiger partial charge in [-0.15, -0.1) is 0 Å². The summed E-state index contributed by atoms with van der Waals surface area (Å²) in [7, 11) is 0. The van der Waals surface area contributed by atoms with Crippen molar-refractivity contribution in [2.24, 2.45) is 0 Å². The summed E-state index contributed by atoms with van der Waals surface area (Å²) in [4.78, 5) is 19.2. The molecule has 0 aromatic heterocycles. The van der Waals surface area contributed by atoms with Crippen molar-refractivity contribution < 1.29 is 29.0 Å². The lowest BCUT2D eigenvalue weighted by Crippen LogP contribution is -2.25. The van der Waals surface area contributed by atoms with Crippen molar-refractivity contribution in [1.29, 1.82) is 0 Å². The topological polar surface area (TPSA) is 55.4 Å². The molecule has 2 atom stereocenters. The summed E-state index contributed by atoms with van der Waals surface area (Å²) >= 11 is 0. The normalized spacial score (nSPS) is 36.2. The van der Waals surface area contributed by atoms with E-state index in [0.29, 0.717) is 0 Å². The molecule has 0 saturated carbocycles. The van der Waals surface area contributed by atoms with Crippen LogP contribution >= 0.6 is 0 Å². The average molecular weight is 220 g/mol. The highest BCUT2D eigenvalue weighted by Crippen LogP contribution is 2.26. The Hall–Kier alpha value is -0.240. The highest BCUT2D eigenvalue weighted by atomic mass is 17.3. The standard InChI is InChI=1S/C9H16O6/c1-9(11-7-13-15-9)5-3-2-4-8-10-6-12-14-8/h8H,2-7H2,1H3. The Morgan fingerprint density at radius 2 is 2.13 bits per heavy atom. The van der Waals surface area contributed by atoms with Crippen molar-refractivity contribution in [3.8, 4) is 0 Å². The van der Waals surface area contributed by atoms with Crippen LogP contribution in [0.5, 0.6) is 0 Å². The van der Waals surface area contributed by atoms with Crippen LogP contribution in [0.4, 0.5) is 0 Å². The fourth-order valence-electron chi connectivity index (χ4n) is 1.56. The van der Waals surface area contributed by atoms with Crippen molar-refractivity contribution >= 4 is 0 Å². The van der Waals surface area contributed by atoms with Gasteiger partial charge in [0.2, 0.25) is 5.79 Å². The molecule has 0 spiro atoms. The Bertz CT molecular complexity index is 185. The van der Waals surface area contributed by atoms with Gasteiger partial charge in [0.25, 0.3) is 0 Å². The molecule has 0 radical (unpaired) electrons. The largest absolute Gasteiger partial charge is 0.320 e. The molecule has 0 aromatic rings. The minimum atomic E-state index is -0.589. The smallest absolute Gasteiger partial charge is 0.201 e. The molecule has 6 nitrogen and oxygen atoms in total. The van der Waals surface area contributed by atoms with E-state index < -0.39 is 5.79 Å². The van der Waals surface area contributed by atoms with Crippen molar-refractivity contribution in [1.82, 2.24) is 0 Å². The molecule has 88 valence electrons. The maximum atomic E-state index is 5.28. The first-order valence-electron chi connectivity index (χ1n) is 5.13. The van der Waals surface area contributed by atoms with E-state index in [-0.39, 0.29) is 19.9 Å². The number of unbranched alkanes of at least 4 members (excludes halogenated alkanes) is 1. The molecule has 0 aliphatic carbocycles. The van der Waals surface area contributed by atoms with E-state index in [0.717, 1.165) is 25.7 Å². The van der Waals surface area contributed by atoms with E-state index in [9.17, 15) is 0 Å². The first kappa shape index (κ1) is 11.3.